The van der Waals surface area contributed by atoms with E-state index < -0.39 is 0 Å². The average Bonchev–Trinajstić information content (AvgIpc) is 2.42. The van der Waals surface area contributed by atoms with Crippen molar-refractivity contribution in [2.45, 2.75) is 0 Å². The van der Waals surface area contributed by atoms with E-state index >= 15 is 0 Å². The van der Waals surface area contributed by atoms with E-state index in [0.717, 1.165) is 0 Å². The molecular formula is C12H10Cl2N2O3. The second-order valence-corrected chi connectivity index (χ2v) is 4.15. The molecule has 0 unspecified atom stereocenters. The number of benzene rings is 1. The van der Waals surface area contributed by atoms with Gasteiger partial charge >= 0.3 is 0 Å². The first-order valence-electron chi connectivity index (χ1n) is 5.21. The Morgan fingerprint density at radius 1 is 0.842 bits per heavy atom. The predicted octanol–water partition coefficient (Wildman–Crippen LogP) is 3.59. The maximum absolute atomic E-state index is 5.90. The van der Waals surface area contributed by atoms with Gasteiger partial charge in [0.15, 0.2) is 10.3 Å². The molecule has 0 radical (unpaired) electrons. The van der Waals surface area contributed by atoms with Gasteiger partial charge in [-0.15, -0.1) is 0 Å². The molecule has 1 aromatic heterocycles. The van der Waals surface area contributed by atoms with Crippen LogP contribution in [0.4, 0.5) is 0 Å². The van der Waals surface area contributed by atoms with Crippen LogP contribution in [0.25, 0.3) is 0 Å². The summed E-state index contributed by atoms with van der Waals surface area (Å²) in [5.41, 5.74) is 0. The lowest BCUT2D eigenvalue weighted by molar-refractivity contribution is 0.386. The van der Waals surface area contributed by atoms with Crippen LogP contribution >= 0.6 is 23.2 Å². The Kier molecular flexibility index (Phi) is 4.29. The molecule has 0 N–H and O–H groups in total. The maximum Gasteiger partial charge on any atom is 0.201 e. The van der Waals surface area contributed by atoms with E-state index in [2.05, 4.69) is 9.97 Å². The molecule has 7 heteroatoms. The summed E-state index contributed by atoms with van der Waals surface area (Å²) < 4.78 is 15.9. The van der Waals surface area contributed by atoms with Crippen LogP contribution in [0.2, 0.25) is 10.3 Å². The predicted molar refractivity (Wildman–Crippen MR) is 71.7 cm³/mol. The van der Waals surface area contributed by atoms with Crippen molar-refractivity contribution in [1.29, 1.82) is 0 Å². The summed E-state index contributed by atoms with van der Waals surface area (Å²) in [5, 5.41) is 0.253. The number of halogens is 2. The number of ether oxygens (including phenoxy) is 3. The maximum atomic E-state index is 5.90. The lowest BCUT2D eigenvalue weighted by Gasteiger charge is -2.11. The molecule has 2 aromatic rings. The summed E-state index contributed by atoms with van der Waals surface area (Å²) >= 11 is 11.8. The van der Waals surface area contributed by atoms with Gasteiger partial charge in [-0.2, -0.15) is 0 Å². The van der Waals surface area contributed by atoms with Crippen LogP contribution < -0.4 is 14.2 Å². The minimum absolute atomic E-state index is 0.127. The molecule has 0 saturated heterocycles. The number of methoxy groups -OCH3 is 2. The Labute approximate surface area is 120 Å². The van der Waals surface area contributed by atoms with Gasteiger partial charge in [0.05, 0.1) is 14.2 Å². The van der Waals surface area contributed by atoms with Crippen molar-refractivity contribution in [2.24, 2.45) is 0 Å². The molecule has 1 heterocycles. The van der Waals surface area contributed by atoms with Crippen LogP contribution in [0.5, 0.6) is 23.0 Å². The monoisotopic (exact) mass is 300 g/mol. The number of rotatable bonds is 4. The molecular weight excluding hydrogens is 291 g/mol. The van der Waals surface area contributed by atoms with E-state index in [9.17, 15) is 0 Å². The molecule has 0 aliphatic rings. The van der Waals surface area contributed by atoms with Gasteiger partial charge in [-0.25, -0.2) is 9.97 Å². The van der Waals surface area contributed by atoms with Crippen LogP contribution in [0.1, 0.15) is 0 Å². The molecule has 0 fully saturated rings. The van der Waals surface area contributed by atoms with Crippen molar-refractivity contribution in [1.82, 2.24) is 9.97 Å². The van der Waals surface area contributed by atoms with Crippen LogP contribution in [0.15, 0.2) is 24.5 Å². The van der Waals surface area contributed by atoms with Gasteiger partial charge in [0, 0.05) is 18.2 Å². The summed E-state index contributed by atoms with van der Waals surface area (Å²) in [6, 6.07) is 5.06. The van der Waals surface area contributed by atoms with Crippen LogP contribution in [0, 0.1) is 0 Å². The smallest absolute Gasteiger partial charge is 0.201 e. The number of nitrogens with zero attached hydrogens (tertiary/aromatic N) is 2. The first-order chi connectivity index (χ1) is 9.13. The van der Waals surface area contributed by atoms with Gasteiger partial charge in [-0.1, -0.05) is 23.2 Å². The van der Waals surface area contributed by atoms with Gasteiger partial charge in [0.2, 0.25) is 5.75 Å². The summed E-state index contributed by atoms with van der Waals surface area (Å²) in [6.45, 7) is 0. The summed E-state index contributed by atoms with van der Waals surface area (Å²) in [6.07, 6.45) is 1.25. The van der Waals surface area contributed by atoms with E-state index in [-0.39, 0.29) is 16.1 Å². The molecule has 0 amide bonds. The van der Waals surface area contributed by atoms with Crippen molar-refractivity contribution in [2.75, 3.05) is 14.2 Å². The Hall–Kier alpha value is -1.72. The standard InChI is InChI=1S/C12H10Cl2N2O3/c1-17-7-3-8(18-2)5-9(4-7)19-10-11(13)15-6-16-12(10)14/h3-6H,1-2H3. The molecule has 5 nitrogen and oxygen atoms in total. The summed E-state index contributed by atoms with van der Waals surface area (Å²) in [5.74, 6) is 1.80. The topological polar surface area (TPSA) is 53.5 Å². The second kappa shape index (κ2) is 5.95. The third kappa shape index (κ3) is 3.19. The van der Waals surface area contributed by atoms with Gasteiger partial charge < -0.3 is 14.2 Å². The fourth-order valence-corrected chi connectivity index (χ4v) is 1.77. The zero-order valence-corrected chi connectivity index (χ0v) is 11.7. The fourth-order valence-electron chi connectivity index (χ4n) is 1.37. The second-order valence-electron chi connectivity index (χ2n) is 3.43. The van der Waals surface area contributed by atoms with Crippen molar-refractivity contribution < 1.29 is 14.2 Å². The number of hydrogen-bond acceptors (Lipinski definition) is 5. The summed E-state index contributed by atoms with van der Waals surface area (Å²) in [7, 11) is 3.09. The normalized spacial score (nSPS) is 10.1. The van der Waals surface area contributed by atoms with Crippen molar-refractivity contribution in [3.05, 3.63) is 34.8 Å². The highest BCUT2D eigenvalue weighted by atomic mass is 35.5. The minimum atomic E-state index is 0.127. The zero-order valence-electron chi connectivity index (χ0n) is 10.2. The third-order valence-corrected chi connectivity index (χ3v) is 2.80. The Balaban J connectivity index is 2.37. The molecule has 19 heavy (non-hydrogen) atoms. The molecule has 0 bridgehead atoms. The van der Waals surface area contributed by atoms with Crippen LogP contribution in [-0.4, -0.2) is 24.2 Å². The highest BCUT2D eigenvalue weighted by Crippen LogP contribution is 2.36. The largest absolute Gasteiger partial charge is 0.496 e. The average molecular weight is 301 g/mol. The van der Waals surface area contributed by atoms with Crippen molar-refractivity contribution in [3.8, 4) is 23.0 Å². The molecule has 0 atom stereocenters. The van der Waals surface area contributed by atoms with E-state index in [4.69, 9.17) is 37.4 Å². The highest BCUT2D eigenvalue weighted by Gasteiger charge is 2.12. The van der Waals surface area contributed by atoms with Gasteiger partial charge in [-0.05, 0) is 0 Å². The Bertz CT molecular complexity index is 551. The first-order valence-corrected chi connectivity index (χ1v) is 5.96. The van der Waals surface area contributed by atoms with Crippen LogP contribution in [0.3, 0.4) is 0 Å². The van der Waals surface area contributed by atoms with E-state index in [1.54, 1.807) is 32.4 Å². The van der Waals surface area contributed by atoms with Gasteiger partial charge in [0.1, 0.15) is 23.6 Å². The lowest BCUT2D eigenvalue weighted by atomic mass is 10.3. The minimum Gasteiger partial charge on any atom is -0.496 e. The van der Waals surface area contributed by atoms with E-state index in [1.165, 1.54) is 6.33 Å². The zero-order chi connectivity index (χ0) is 13.8. The molecule has 100 valence electrons. The van der Waals surface area contributed by atoms with Gasteiger partial charge in [0.25, 0.3) is 0 Å². The lowest BCUT2D eigenvalue weighted by Crippen LogP contribution is -1.93. The molecule has 0 saturated carbocycles. The fraction of sp³-hybridized carbons (Fsp3) is 0.167. The Morgan fingerprint density at radius 3 is 1.79 bits per heavy atom. The van der Waals surface area contributed by atoms with Crippen molar-refractivity contribution >= 4 is 23.2 Å². The van der Waals surface area contributed by atoms with Crippen LogP contribution in [-0.2, 0) is 0 Å². The molecule has 0 spiro atoms. The quantitative estimate of drug-likeness (QED) is 0.808. The SMILES string of the molecule is COc1cc(OC)cc(Oc2c(Cl)ncnc2Cl)c1. The third-order valence-electron chi connectivity index (χ3n) is 2.26. The number of aromatic nitrogens is 2. The highest BCUT2D eigenvalue weighted by molar-refractivity contribution is 6.35. The molecule has 2 rings (SSSR count). The Morgan fingerprint density at radius 2 is 1.32 bits per heavy atom. The molecule has 0 aliphatic carbocycles. The van der Waals surface area contributed by atoms with Crippen molar-refractivity contribution in [3.63, 3.8) is 0 Å². The number of hydrogen-bond donors (Lipinski definition) is 0. The summed E-state index contributed by atoms with van der Waals surface area (Å²) in [4.78, 5) is 7.61. The molecule has 0 aliphatic heterocycles. The van der Waals surface area contributed by atoms with E-state index in [1.807, 2.05) is 0 Å². The first kappa shape index (κ1) is 13.7. The molecule has 1 aromatic carbocycles. The van der Waals surface area contributed by atoms with E-state index in [0.29, 0.717) is 17.2 Å². The van der Waals surface area contributed by atoms with Gasteiger partial charge in [-0.3, -0.25) is 0 Å².